The van der Waals surface area contributed by atoms with Gasteiger partial charge in [-0.15, -0.1) is 24.8 Å². The highest BCUT2D eigenvalue weighted by Gasteiger charge is 1.98. The molecule has 1 aromatic rings. The molecule has 16 heavy (non-hydrogen) atoms. The summed E-state index contributed by atoms with van der Waals surface area (Å²) >= 11 is 0. The molecule has 0 radical (unpaired) electrons. The number of hydrogen-bond acceptors (Lipinski definition) is 2. The maximum Gasteiger partial charge on any atom is 0.127 e. The summed E-state index contributed by atoms with van der Waals surface area (Å²) < 4.78 is 13.1. The van der Waals surface area contributed by atoms with Gasteiger partial charge in [-0.1, -0.05) is 18.2 Å². The first-order valence-electron chi connectivity index (χ1n) is 4.93. The summed E-state index contributed by atoms with van der Waals surface area (Å²) in [6.07, 6.45) is 1.06. The third-order valence-corrected chi connectivity index (χ3v) is 2.05. The van der Waals surface area contributed by atoms with Gasteiger partial charge in [0.2, 0.25) is 0 Å². The molecule has 0 aliphatic rings. The van der Waals surface area contributed by atoms with Crippen molar-refractivity contribution in [3.63, 3.8) is 0 Å². The van der Waals surface area contributed by atoms with Gasteiger partial charge in [-0.2, -0.15) is 0 Å². The summed E-state index contributed by atoms with van der Waals surface area (Å²) in [4.78, 5) is 0. The standard InChI is InChI=1S/C11H17FN2.2ClH/c1-13-7-4-8-14-9-10-5-2-3-6-11(10)12;;/h2-3,5-6,13-14H,4,7-9H2,1H3;2*1H. The lowest BCUT2D eigenvalue weighted by Gasteiger charge is -2.05. The summed E-state index contributed by atoms with van der Waals surface area (Å²) in [6, 6.07) is 6.86. The molecule has 0 heterocycles. The van der Waals surface area contributed by atoms with E-state index in [9.17, 15) is 4.39 Å². The van der Waals surface area contributed by atoms with Gasteiger partial charge >= 0.3 is 0 Å². The van der Waals surface area contributed by atoms with Crippen molar-refractivity contribution >= 4 is 24.8 Å². The van der Waals surface area contributed by atoms with Crippen molar-refractivity contribution < 1.29 is 4.39 Å². The summed E-state index contributed by atoms with van der Waals surface area (Å²) in [6.45, 7) is 2.51. The van der Waals surface area contributed by atoms with Crippen LogP contribution in [0.15, 0.2) is 24.3 Å². The van der Waals surface area contributed by atoms with Gasteiger partial charge < -0.3 is 10.6 Å². The van der Waals surface area contributed by atoms with Crippen LogP contribution in [0.25, 0.3) is 0 Å². The Labute approximate surface area is 109 Å². The fourth-order valence-electron chi connectivity index (χ4n) is 1.25. The average molecular weight is 269 g/mol. The van der Waals surface area contributed by atoms with E-state index in [-0.39, 0.29) is 30.6 Å². The molecule has 1 aromatic carbocycles. The molecule has 0 amide bonds. The first-order chi connectivity index (χ1) is 6.84. The molecule has 0 saturated carbocycles. The highest BCUT2D eigenvalue weighted by molar-refractivity contribution is 5.85. The van der Waals surface area contributed by atoms with Crippen molar-refractivity contribution in [2.45, 2.75) is 13.0 Å². The van der Waals surface area contributed by atoms with Crippen molar-refractivity contribution in [2.75, 3.05) is 20.1 Å². The van der Waals surface area contributed by atoms with E-state index in [0.717, 1.165) is 25.1 Å². The van der Waals surface area contributed by atoms with Crippen molar-refractivity contribution in [3.8, 4) is 0 Å². The Bertz CT molecular complexity index is 272. The van der Waals surface area contributed by atoms with E-state index < -0.39 is 0 Å². The topological polar surface area (TPSA) is 24.1 Å². The van der Waals surface area contributed by atoms with E-state index in [4.69, 9.17) is 0 Å². The van der Waals surface area contributed by atoms with Crippen molar-refractivity contribution in [1.82, 2.24) is 10.6 Å². The van der Waals surface area contributed by atoms with E-state index in [1.165, 1.54) is 6.07 Å². The van der Waals surface area contributed by atoms with E-state index in [2.05, 4.69) is 10.6 Å². The highest BCUT2D eigenvalue weighted by atomic mass is 35.5. The minimum absolute atomic E-state index is 0. The molecule has 0 aliphatic heterocycles. The zero-order valence-corrected chi connectivity index (χ0v) is 11.0. The van der Waals surface area contributed by atoms with Crippen LogP contribution in [0.5, 0.6) is 0 Å². The molecule has 0 saturated heterocycles. The Balaban J connectivity index is 0. The van der Waals surface area contributed by atoms with E-state index in [0.29, 0.717) is 6.54 Å². The minimum Gasteiger partial charge on any atom is -0.320 e. The van der Waals surface area contributed by atoms with Gasteiger partial charge in [-0.25, -0.2) is 4.39 Å². The average Bonchev–Trinajstić information content (AvgIpc) is 2.20. The minimum atomic E-state index is -0.131. The van der Waals surface area contributed by atoms with Gasteiger partial charge in [0, 0.05) is 12.1 Å². The SMILES string of the molecule is CNCCCNCc1ccccc1F.Cl.Cl. The summed E-state index contributed by atoms with van der Waals surface area (Å²) in [5, 5.41) is 6.26. The Kier molecular flexibility index (Phi) is 12.6. The smallest absolute Gasteiger partial charge is 0.127 e. The van der Waals surface area contributed by atoms with Gasteiger partial charge in [-0.05, 0) is 32.6 Å². The van der Waals surface area contributed by atoms with Gasteiger partial charge in [0.15, 0.2) is 0 Å². The van der Waals surface area contributed by atoms with Crippen LogP contribution in [0.1, 0.15) is 12.0 Å². The summed E-state index contributed by atoms with van der Waals surface area (Å²) in [5.41, 5.74) is 0.733. The number of nitrogens with one attached hydrogen (secondary N) is 2. The lowest BCUT2D eigenvalue weighted by Crippen LogP contribution is -2.19. The summed E-state index contributed by atoms with van der Waals surface area (Å²) in [5.74, 6) is -0.131. The van der Waals surface area contributed by atoms with Gasteiger partial charge in [-0.3, -0.25) is 0 Å². The highest BCUT2D eigenvalue weighted by Crippen LogP contribution is 2.04. The molecule has 0 fully saturated rings. The molecular weight excluding hydrogens is 250 g/mol. The predicted molar refractivity (Wildman–Crippen MR) is 71.1 cm³/mol. The van der Waals surface area contributed by atoms with Crippen LogP contribution < -0.4 is 10.6 Å². The van der Waals surface area contributed by atoms with Crippen molar-refractivity contribution in [1.29, 1.82) is 0 Å². The largest absolute Gasteiger partial charge is 0.320 e. The predicted octanol–water partition coefficient (Wildman–Crippen LogP) is 2.37. The van der Waals surface area contributed by atoms with Crippen LogP contribution in [0.3, 0.4) is 0 Å². The Morgan fingerprint density at radius 2 is 1.81 bits per heavy atom. The van der Waals surface area contributed by atoms with Crippen LogP contribution in [-0.4, -0.2) is 20.1 Å². The van der Waals surface area contributed by atoms with E-state index in [1.807, 2.05) is 13.1 Å². The first-order valence-corrected chi connectivity index (χ1v) is 4.93. The number of hydrogen-bond donors (Lipinski definition) is 2. The lowest BCUT2D eigenvalue weighted by molar-refractivity contribution is 0.577. The second-order valence-electron chi connectivity index (χ2n) is 3.23. The molecule has 2 N–H and O–H groups in total. The van der Waals surface area contributed by atoms with Crippen LogP contribution >= 0.6 is 24.8 Å². The molecule has 2 nitrogen and oxygen atoms in total. The number of benzene rings is 1. The normalized spacial score (nSPS) is 9.12. The van der Waals surface area contributed by atoms with E-state index >= 15 is 0 Å². The first kappa shape index (κ1) is 18.0. The Hall–Kier alpha value is -0.350. The summed E-state index contributed by atoms with van der Waals surface area (Å²) in [7, 11) is 1.93. The quantitative estimate of drug-likeness (QED) is 0.775. The fourth-order valence-corrected chi connectivity index (χ4v) is 1.25. The van der Waals surface area contributed by atoms with Gasteiger partial charge in [0.1, 0.15) is 5.82 Å². The second kappa shape index (κ2) is 11.1. The fraction of sp³-hybridized carbons (Fsp3) is 0.455. The van der Waals surface area contributed by atoms with E-state index in [1.54, 1.807) is 12.1 Å². The molecule has 0 unspecified atom stereocenters. The van der Waals surface area contributed by atoms with Crippen LogP contribution in [0, 0.1) is 5.82 Å². The number of halogens is 3. The molecule has 0 aliphatic carbocycles. The maximum atomic E-state index is 13.1. The molecule has 1 rings (SSSR count). The molecule has 0 spiro atoms. The van der Waals surface area contributed by atoms with Crippen molar-refractivity contribution in [2.24, 2.45) is 0 Å². The molecule has 0 bridgehead atoms. The molecule has 94 valence electrons. The Morgan fingerprint density at radius 3 is 2.44 bits per heavy atom. The van der Waals surface area contributed by atoms with Gasteiger partial charge in [0.25, 0.3) is 0 Å². The number of rotatable bonds is 6. The van der Waals surface area contributed by atoms with Gasteiger partial charge in [0.05, 0.1) is 0 Å². The Morgan fingerprint density at radius 1 is 1.12 bits per heavy atom. The molecular formula is C11H19Cl2FN2. The maximum absolute atomic E-state index is 13.1. The van der Waals surface area contributed by atoms with Crippen LogP contribution in [0.4, 0.5) is 4.39 Å². The monoisotopic (exact) mass is 268 g/mol. The van der Waals surface area contributed by atoms with Crippen LogP contribution in [0.2, 0.25) is 0 Å². The zero-order chi connectivity index (χ0) is 10.2. The molecule has 0 atom stereocenters. The zero-order valence-electron chi connectivity index (χ0n) is 9.33. The molecule has 0 aromatic heterocycles. The third-order valence-electron chi connectivity index (χ3n) is 2.05. The third kappa shape index (κ3) is 7.01. The lowest BCUT2D eigenvalue weighted by atomic mass is 10.2. The molecule has 5 heteroatoms. The second-order valence-corrected chi connectivity index (χ2v) is 3.23. The van der Waals surface area contributed by atoms with Crippen molar-refractivity contribution in [3.05, 3.63) is 35.6 Å². The van der Waals surface area contributed by atoms with Crippen LogP contribution in [-0.2, 0) is 6.54 Å².